The van der Waals surface area contributed by atoms with E-state index in [0.717, 1.165) is 20.8 Å². The molecule has 1 atom stereocenters. The summed E-state index contributed by atoms with van der Waals surface area (Å²) in [5.41, 5.74) is 1.80. The predicted molar refractivity (Wildman–Crippen MR) is 97.7 cm³/mol. The Kier molecular flexibility index (Phi) is 5.40. The average molecular weight is 354 g/mol. The molecular weight excluding hydrogens is 336 g/mol. The number of amides is 1. The molecular formula is C19H18N2O3S. The van der Waals surface area contributed by atoms with Crippen LogP contribution in [0, 0.1) is 0 Å². The van der Waals surface area contributed by atoms with Crippen molar-refractivity contribution in [2.45, 2.75) is 25.3 Å². The van der Waals surface area contributed by atoms with Crippen molar-refractivity contribution in [2.75, 3.05) is 0 Å². The van der Waals surface area contributed by atoms with Crippen molar-refractivity contribution in [3.63, 3.8) is 0 Å². The third-order valence-corrected chi connectivity index (χ3v) is 4.92. The summed E-state index contributed by atoms with van der Waals surface area (Å²) >= 11 is 1.56. The molecule has 0 bridgehead atoms. The normalized spacial score (nSPS) is 12.0. The highest BCUT2D eigenvalue weighted by molar-refractivity contribution is 7.18. The van der Waals surface area contributed by atoms with Gasteiger partial charge < -0.3 is 10.4 Å². The molecule has 1 unspecified atom stereocenters. The van der Waals surface area contributed by atoms with Crippen molar-refractivity contribution < 1.29 is 14.7 Å². The Labute approximate surface area is 149 Å². The quantitative estimate of drug-likeness (QED) is 0.683. The summed E-state index contributed by atoms with van der Waals surface area (Å²) in [7, 11) is 0. The molecule has 5 nitrogen and oxygen atoms in total. The van der Waals surface area contributed by atoms with Crippen molar-refractivity contribution in [2.24, 2.45) is 0 Å². The van der Waals surface area contributed by atoms with E-state index in [1.54, 1.807) is 11.3 Å². The first kappa shape index (κ1) is 17.1. The lowest BCUT2D eigenvalue weighted by Gasteiger charge is -2.14. The van der Waals surface area contributed by atoms with Gasteiger partial charge in [0.15, 0.2) is 0 Å². The zero-order valence-electron chi connectivity index (χ0n) is 13.5. The number of carbonyl (C=O) groups excluding carboxylic acids is 1. The Bertz CT molecular complexity index is 844. The lowest BCUT2D eigenvalue weighted by Crippen LogP contribution is -2.42. The molecule has 0 spiro atoms. The zero-order valence-corrected chi connectivity index (χ0v) is 14.3. The number of benzene rings is 2. The van der Waals surface area contributed by atoms with Gasteiger partial charge in [0.2, 0.25) is 5.91 Å². The van der Waals surface area contributed by atoms with E-state index in [1.165, 1.54) is 0 Å². The molecule has 6 heteroatoms. The number of hydrogen-bond donors (Lipinski definition) is 2. The molecule has 0 saturated heterocycles. The Morgan fingerprint density at radius 2 is 1.80 bits per heavy atom. The van der Waals surface area contributed by atoms with E-state index >= 15 is 0 Å². The molecule has 0 aliphatic rings. The summed E-state index contributed by atoms with van der Waals surface area (Å²) in [5, 5.41) is 12.8. The molecule has 0 aliphatic heterocycles. The van der Waals surface area contributed by atoms with Gasteiger partial charge in [-0.15, -0.1) is 11.3 Å². The van der Waals surface area contributed by atoms with E-state index in [1.807, 2.05) is 54.6 Å². The molecule has 1 heterocycles. The second-order valence-electron chi connectivity index (χ2n) is 5.72. The van der Waals surface area contributed by atoms with Gasteiger partial charge in [0.05, 0.1) is 15.2 Å². The summed E-state index contributed by atoms with van der Waals surface area (Å²) in [6.45, 7) is 0. The second-order valence-corrected chi connectivity index (χ2v) is 6.84. The van der Waals surface area contributed by atoms with Crippen LogP contribution in [-0.2, 0) is 22.4 Å². The van der Waals surface area contributed by atoms with E-state index in [0.29, 0.717) is 6.42 Å². The first-order valence-corrected chi connectivity index (χ1v) is 8.84. The van der Waals surface area contributed by atoms with Gasteiger partial charge in [-0.1, -0.05) is 42.5 Å². The fourth-order valence-electron chi connectivity index (χ4n) is 2.56. The predicted octanol–water partition coefficient (Wildman–Crippen LogP) is 3.04. The summed E-state index contributed by atoms with van der Waals surface area (Å²) in [5.74, 6) is -1.31. The molecule has 0 fully saturated rings. The number of aryl methyl sites for hydroxylation is 1. The maximum atomic E-state index is 12.1. The van der Waals surface area contributed by atoms with Gasteiger partial charge in [-0.05, 0) is 17.7 Å². The van der Waals surface area contributed by atoms with E-state index in [2.05, 4.69) is 10.3 Å². The SMILES string of the molecule is O=C(CCc1nc2ccccc2s1)NC(Cc1ccccc1)C(=O)O. The second kappa shape index (κ2) is 7.90. The van der Waals surface area contributed by atoms with Crippen LogP contribution >= 0.6 is 11.3 Å². The lowest BCUT2D eigenvalue weighted by atomic mass is 10.1. The van der Waals surface area contributed by atoms with Crippen molar-refractivity contribution >= 4 is 33.4 Å². The number of hydrogen-bond acceptors (Lipinski definition) is 4. The van der Waals surface area contributed by atoms with Crippen LogP contribution in [0.3, 0.4) is 0 Å². The number of aliphatic carboxylic acids is 1. The zero-order chi connectivity index (χ0) is 17.6. The van der Waals surface area contributed by atoms with Crippen LogP contribution in [0.15, 0.2) is 54.6 Å². The molecule has 1 amide bonds. The number of nitrogens with one attached hydrogen (secondary N) is 1. The van der Waals surface area contributed by atoms with Crippen molar-refractivity contribution in [1.29, 1.82) is 0 Å². The molecule has 0 aliphatic carbocycles. The van der Waals surface area contributed by atoms with Gasteiger partial charge in [-0.3, -0.25) is 4.79 Å². The average Bonchev–Trinajstić information content (AvgIpc) is 3.03. The van der Waals surface area contributed by atoms with Crippen LogP contribution in [0.25, 0.3) is 10.2 Å². The summed E-state index contributed by atoms with van der Waals surface area (Å²) in [6.07, 6.45) is 0.990. The lowest BCUT2D eigenvalue weighted by molar-refractivity contribution is -0.141. The fraction of sp³-hybridized carbons (Fsp3) is 0.211. The largest absolute Gasteiger partial charge is 0.480 e. The van der Waals surface area contributed by atoms with Gasteiger partial charge in [0.25, 0.3) is 0 Å². The number of para-hydroxylation sites is 1. The van der Waals surface area contributed by atoms with Gasteiger partial charge >= 0.3 is 5.97 Å². The highest BCUT2D eigenvalue weighted by Crippen LogP contribution is 2.22. The fourth-order valence-corrected chi connectivity index (χ4v) is 3.53. The third-order valence-electron chi connectivity index (χ3n) is 3.82. The minimum Gasteiger partial charge on any atom is -0.480 e. The first-order chi connectivity index (χ1) is 12.1. The molecule has 3 rings (SSSR count). The van der Waals surface area contributed by atoms with Crippen molar-refractivity contribution in [1.82, 2.24) is 10.3 Å². The molecule has 128 valence electrons. The topological polar surface area (TPSA) is 79.3 Å². The van der Waals surface area contributed by atoms with E-state index in [4.69, 9.17) is 0 Å². The van der Waals surface area contributed by atoms with Crippen LogP contribution in [0.5, 0.6) is 0 Å². The molecule has 3 aromatic rings. The van der Waals surface area contributed by atoms with Crippen LogP contribution < -0.4 is 5.32 Å². The van der Waals surface area contributed by atoms with Crippen LogP contribution in [0.2, 0.25) is 0 Å². The number of carboxylic acids is 1. The minimum absolute atomic E-state index is 0.221. The molecule has 2 aromatic carbocycles. The summed E-state index contributed by atoms with van der Waals surface area (Å²) < 4.78 is 1.09. The van der Waals surface area contributed by atoms with Crippen molar-refractivity contribution in [3.05, 3.63) is 65.2 Å². The van der Waals surface area contributed by atoms with Gasteiger partial charge in [-0.2, -0.15) is 0 Å². The van der Waals surface area contributed by atoms with Crippen LogP contribution in [0.1, 0.15) is 17.0 Å². The monoisotopic (exact) mass is 354 g/mol. The smallest absolute Gasteiger partial charge is 0.326 e. The van der Waals surface area contributed by atoms with Crippen LogP contribution in [-0.4, -0.2) is 28.0 Å². The molecule has 2 N–H and O–H groups in total. The molecule has 0 saturated carbocycles. The number of thiazole rings is 1. The number of aromatic nitrogens is 1. The highest BCUT2D eigenvalue weighted by atomic mass is 32.1. The van der Waals surface area contributed by atoms with Gasteiger partial charge in [-0.25, -0.2) is 9.78 Å². The number of fused-ring (bicyclic) bond motifs is 1. The maximum Gasteiger partial charge on any atom is 0.326 e. The Morgan fingerprint density at radius 3 is 2.52 bits per heavy atom. The number of carboxylic acid groups (broad SMARTS) is 1. The standard InChI is InChI=1S/C19H18N2O3S/c22-17(10-11-18-21-14-8-4-5-9-16(14)25-18)20-15(19(23)24)12-13-6-2-1-3-7-13/h1-9,15H,10-12H2,(H,20,22)(H,23,24). The van der Waals surface area contributed by atoms with E-state index in [-0.39, 0.29) is 18.7 Å². The van der Waals surface area contributed by atoms with E-state index < -0.39 is 12.0 Å². The first-order valence-electron chi connectivity index (χ1n) is 8.02. The molecule has 1 aromatic heterocycles. The summed E-state index contributed by atoms with van der Waals surface area (Å²) in [4.78, 5) is 28.0. The highest BCUT2D eigenvalue weighted by Gasteiger charge is 2.20. The third kappa shape index (κ3) is 4.64. The molecule has 0 radical (unpaired) electrons. The maximum absolute atomic E-state index is 12.1. The number of rotatable bonds is 7. The Morgan fingerprint density at radius 1 is 1.08 bits per heavy atom. The van der Waals surface area contributed by atoms with Crippen LogP contribution in [0.4, 0.5) is 0 Å². The van der Waals surface area contributed by atoms with Gasteiger partial charge in [0.1, 0.15) is 6.04 Å². The molecule has 25 heavy (non-hydrogen) atoms. The Balaban J connectivity index is 1.57. The van der Waals surface area contributed by atoms with E-state index in [9.17, 15) is 14.7 Å². The summed E-state index contributed by atoms with van der Waals surface area (Å²) in [6, 6.07) is 16.2. The minimum atomic E-state index is -1.03. The number of carbonyl (C=O) groups is 2. The van der Waals surface area contributed by atoms with Gasteiger partial charge in [0, 0.05) is 19.3 Å². The number of nitrogens with zero attached hydrogens (tertiary/aromatic N) is 1. The Hall–Kier alpha value is -2.73. The van der Waals surface area contributed by atoms with Crippen molar-refractivity contribution in [3.8, 4) is 0 Å².